The van der Waals surface area contributed by atoms with E-state index >= 15 is 0 Å². The van der Waals surface area contributed by atoms with Gasteiger partial charge in [0.2, 0.25) is 0 Å². The molecule has 112 valence electrons. The minimum absolute atomic E-state index is 0.111. The molecule has 2 N–H and O–H groups in total. The summed E-state index contributed by atoms with van der Waals surface area (Å²) >= 11 is 5.42. The Morgan fingerprint density at radius 2 is 2.14 bits per heavy atom. The van der Waals surface area contributed by atoms with Crippen molar-refractivity contribution in [1.82, 2.24) is 4.90 Å². The third kappa shape index (κ3) is 3.75. The van der Waals surface area contributed by atoms with E-state index in [0.717, 1.165) is 11.0 Å². The average Bonchev–Trinajstić information content (AvgIpc) is 3.16. The lowest BCUT2D eigenvalue weighted by Crippen LogP contribution is -2.40. The van der Waals surface area contributed by atoms with Gasteiger partial charge in [0.25, 0.3) is 0 Å². The van der Waals surface area contributed by atoms with Gasteiger partial charge in [0.15, 0.2) is 0 Å². The van der Waals surface area contributed by atoms with Crippen molar-refractivity contribution in [2.75, 3.05) is 0 Å². The van der Waals surface area contributed by atoms with E-state index in [1.54, 1.807) is 0 Å². The monoisotopic (exact) mass is 364 g/mol. The van der Waals surface area contributed by atoms with Crippen LogP contribution in [0.25, 0.3) is 0 Å². The van der Waals surface area contributed by atoms with Crippen molar-refractivity contribution in [1.29, 1.82) is 0 Å². The molecule has 3 rings (SSSR count). The van der Waals surface area contributed by atoms with Gasteiger partial charge in [-0.05, 0) is 48.9 Å². The van der Waals surface area contributed by atoms with Crippen LogP contribution in [0.3, 0.4) is 0 Å². The van der Waals surface area contributed by atoms with Crippen molar-refractivity contribution in [3.63, 3.8) is 0 Å². The number of thiophene rings is 1. The van der Waals surface area contributed by atoms with E-state index in [0.29, 0.717) is 6.04 Å². The van der Waals surface area contributed by atoms with Crippen molar-refractivity contribution in [2.45, 2.75) is 44.4 Å². The number of nitrogens with two attached hydrogens (primary N) is 1. The molecule has 1 fully saturated rings. The van der Waals surface area contributed by atoms with Crippen LogP contribution < -0.4 is 5.73 Å². The summed E-state index contributed by atoms with van der Waals surface area (Å²) in [5.41, 5.74) is 7.67. The summed E-state index contributed by atoms with van der Waals surface area (Å²) in [5, 5.41) is 2.15. The zero-order valence-corrected chi connectivity index (χ0v) is 14.6. The van der Waals surface area contributed by atoms with Crippen LogP contribution in [0.2, 0.25) is 0 Å². The van der Waals surface area contributed by atoms with E-state index in [-0.39, 0.29) is 12.1 Å². The lowest BCUT2D eigenvalue weighted by molar-refractivity contribution is 0.159. The van der Waals surface area contributed by atoms with Gasteiger partial charge >= 0.3 is 0 Å². The first-order chi connectivity index (χ1) is 10.1. The van der Waals surface area contributed by atoms with E-state index < -0.39 is 0 Å². The Hall–Kier alpha value is -0.680. The van der Waals surface area contributed by atoms with Crippen molar-refractivity contribution in [3.05, 3.63) is 56.7 Å². The zero-order valence-electron chi connectivity index (χ0n) is 12.2. The molecule has 0 amide bonds. The molecule has 2 nitrogen and oxygen atoms in total. The normalized spacial score (nSPS) is 17.9. The Bertz CT molecular complexity index is 578. The van der Waals surface area contributed by atoms with Crippen LogP contribution in [0.1, 0.15) is 36.2 Å². The van der Waals surface area contributed by atoms with Gasteiger partial charge in [0, 0.05) is 28.0 Å². The highest BCUT2D eigenvalue weighted by atomic mass is 79.9. The fourth-order valence-corrected chi connectivity index (χ4v) is 4.06. The maximum absolute atomic E-state index is 6.36. The molecule has 2 aromatic rings. The van der Waals surface area contributed by atoms with Crippen LogP contribution in [-0.2, 0) is 6.54 Å². The topological polar surface area (TPSA) is 29.3 Å². The first-order valence-corrected chi connectivity index (χ1v) is 9.11. The fraction of sp³-hybridized carbons (Fsp3) is 0.412. The van der Waals surface area contributed by atoms with Gasteiger partial charge in [-0.3, -0.25) is 4.90 Å². The molecule has 1 saturated carbocycles. The maximum atomic E-state index is 6.36. The molecule has 1 aliphatic rings. The standard InChI is InChI=1S/C17H21BrN2S/c1-12(19)17(13-4-2-5-14(18)10-13)20(15-7-8-15)11-16-6-3-9-21-16/h2-6,9-10,12,15,17H,7-8,11,19H2,1H3. The third-order valence-electron chi connectivity index (χ3n) is 3.98. The molecule has 1 aromatic carbocycles. The summed E-state index contributed by atoms with van der Waals surface area (Å²) in [6.07, 6.45) is 2.59. The largest absolute Gasteiger partial charge is 0.326 e. The highest BCUT2D eigenvalue weighted by Gasteiger charge is 2.36. The second kappa shape index (κ2) is 6.61. The predicted octanol–water partition coefficient (Wildman–Crippen LogP) is 4.56. The Morgan fingerprint density at radius 3 is 2.71 bits per heavy atom. The molecule has 21 heavy (non-hydrogen) atoms. The van der Waals surface area contributed by atoms with E-state index in [4.69, 9.17) is 5.73 Å². The minimum atomic E-state index is 0.111. The zero-order chi connectivity index (χ0) is 14.8. The predicted molar refractivity (Wildman–Crippen MR) is 93.4 cm³/mol. The number of nitrogens with zero attached hydrogens (tertiary/aromatic N) is 1. The molecule has 1 aromatic heterocycles. The molecule has 4 heteroatoms. The molecule has 0 bridgehead atoms. The second-order valence-electron chi connectivity index (χ2n) is 5.84. The fourth-order valence-electron chi connectivity index (χ4n) is 2.93. The van der Waals surface area contributed by atoms with E-state index in [1.807, 2.05) is 11.3 Å². The smallest absolute Gasteiger partial charge is 0.0503 e. The molecule has 2 unspecified atom stereocenters. The van der Waals surface area contributed by atoms with Crippen LogP contribution in [-0.4, -0.2) is 17.0 Å². The Balaban J connectivity index is 1.89. The maximum Gasteiger partial charge on any atom is 0.0503 e. The summed E-state index contributed by atoms with van der Waals surface area (Å²) in [6, 6.07) is 14.0. The number of hydrogen-bond acceptors (Lipinski definition) is 3. The van der Waals surface area contributed by atoms with Crippen LogP contribution in [0.5, 0.6) is 0 Å². The number of halogens is 1. The number of benzene rings is 1. The van der Waals surface area contributed by atoms with E-state index in [1.165, 1.54) is 23.3 Å². The van der Waals surface area contributed by atoms with Crippen LogP contribution in [0, 0.1) is 0 Å². The summed E-state index contributed by atoms with van der Waals surface area (Å²) in [6.45, 7) is 3.12. The lowest BCUT2D eigenvalue weighted by atomic mass is 9.98. The Morgan fingerprint density at radius 1 is 1.33 bits per heavy atom. The van der Waals surface area contributed by atoms with Crippen LogP contribution in [0.15, 0.2) is 46.3 Å². The molecule has 0 radical (unpaired) electrons. The molecule has 1 heterocycles. The van der Waals surface area contributed by atoms with Crippen LogP contribution >= 0.6 is 27.3 Å². The summed E-state index contributed by atoms with van der Waals surface area (Å²) < 4.78 is 1.12. The molecule has 2 atom stereocenters. The number of hydrogen-bond donors (Lipinski definition) is 1. The Labute approximate surface area is 139 Å². The van der Waals surface area contributed by atoms with E-state index in [9.17, 15) is 0 Å². The molecular formula is C17H21BrN2S. The first kappa shape index (κ1) is 15.2. The van der Waals surface area contributed by atoms with Gasteiger partial charge in [-0.1, -0.05) is 34.1 Å². The van der Waals surface area contributed by atoms with Gasteiger partial charge in [-0.25, -0.2) is 0 Å². The minimum Gasteiger partial charge on any atom is -0.326 e. The number of rotatable bonds is 6. The van der Waals surface area contributed by atoms with Crippen molar-refractivity contribution < 1.29 is 0 Å². The summed E-state index contributed by atoms with van der Waals surface area (Å²) in [7, 11) is 0. The summed E-state index contributed by atoms with van der Waals surface area (Å²) in [5.74, 6) is 0. The lowest BCUT2D eigenvalue weighted by Gasteiger charge is -2.34. The highest BCUT2D eigenvalue weighted by Crippen LogP contribution is 2.38. The quantitative estimate of drug-likeness (QED) is 0.813. The first-order valence-electron chi connectivity index (χ1n) is 7.44. The molecule has 0 spiro atoms. The van der Waals surface area contributed by atoms with Crippen LogP contribution in [0.4, 0.5) is 0 Å². The van der Waals surface area contributed by atoms with Crippen molar-refractivity contribution in [2.24, 2.45) is 5.73 Å². The van der Waals surface area contributed by atoms with Gasteiger partial charge in [0.05, 0.1) is 6.04 Å². The third-order valence-corrected chi connectivity index (χ3v) is 5.33. The van der Waals surface area contributed by atoms with Gasteiger partial charge in [-0.15, -0.1) is 11.3 Å². The summed E-state index contributed by atoms with van der Waals surface area (Å²) in [4.78, 5) is 4.01. The molecule has 0 saturated heterocycles. The highest BCUT2D eigenvalue weighted by molar-refractivity contribution is 9.10. The van der Waals surface area contributed by atoms with E-state index in [2.05, 4.69) is 69.5 Å². The second-order valence-corrected chi connectivity index (χ2v) is 7.79. The van der Waals surface area contributed by atoms with Gasteiger partial charge < -0.3 is 5.73 Å². The Kier molecular flexibility index (Phi) is 4.79. The average molecular weight is 365 g/mol. The molecular weight excluding hydrogens is 344 g/mol. The van der Waals surface area contributed by atoms with Crippen molar-refractivity contribution >= 4 is 27.3 Å². The SMILES string of the molecule is CC(N)C(c1cccc(Br)c1)N(Cc1cccs1)C1CC1. The molecule has 1 aliphatic carbocycles. The molecule has 0 aliphatic heterocycles. The van der Waals surface area contributed by atoms with Crippen molar-refractivity contribution in [3.8, 4) is 0 Å². The van der Waals surface area contributed by atoms with Gasteiger partial charge in [0.1, 0.15) is 0 Å². The van der Waals surface area contributed by atoms with Gasteiger partial charge in [-0.2, -0.15) is 0 Å².